The molecule has 2 heterocycles. The molecular formula is C28H37N5O5. The molecule has 3 amide bonds. The van der Waals surface area contributed by atoms with Crippen molar-refractivity contribution in [3.8, 4) is 0 Å². The third kappa shape index (κ3) is 8.36. The van der Waals surface area contributed by atoms with Gasteiger partial charge in [0.15, 0.2) is 5.78 Å². The van der Waals surface area contributed by atoms with Crippen LogP contribution in [0.25, 0.3) is 0 Å². The van der Waals surface area contributed by atoms with Crippen LogP contribution in [0.3, 0.4) is 0 Å². The molecule has 0 aliphatic carbocycles. The molecule has 204 valence electrons. The van der Waals surface area contributed by atoms with E-state index in [0.29, 0.717) is 18.5 Å². The zero-order chi connectivity index (χ0) is 27.9. The fourth-order valence-corrected chi connectivity index (χ4v) is 4.49. The molecule has 1 aromatic carbocycles. The molecule has 38 heavy (non-hydrogen) atoms. The van der Waals surface area contributed by atoms with Gasteiger partial charge in [0.05, 0.1) is 17.8 Å². The first-order valence-corrected chi connectivity index (χ1v) is 12.9. The number of aryl methyl sites for hydroxylation is 1. The highest BCUT2D eigenvalue weighted by Crippen LogP contribution is 2.21. The molecule has 0 unspecified atom stereocenters. The molecule has 0 radical (unpaired) electrons. The lowest BCUT2D eigenvalue weighted by molar-refractivity contribution is -0.142. The normalized spacial score (nSPS) is 17.2. The van der Waals surface area contributed by atoms with E-state index >= 15 is 0 Å². The lowest BCUT2D eigenvalue weighted by atomic mass is 9.88. The molecule has 0 spiro atoms. The number of hydrogen-bond donors (Lipinski definition) is 3. The zero-order valence-electron chi connectivity index (χ0n) is 22.5. The van der Waals surface area contributed by atoms with Crippen molar-refractivity contribution in [2.45, 2.75) is 64.5 Å². The van der Waals surface area contributed by atoms with Crippen molar-refractivity contribution in [2.75, 3.05) is 6.54 Å². The first-order valence-electron chi connectivity index (χ1n) is 12.9. The van der Waals surface area contributed by atoms with Crippen LogP contribution in [0.5, 0.6) is 0 Å². The Morgan fingerprint density at radius 2 is 1.87 bits per heavy atom. The van der Waals surface area contributed by atoms with Crippen LogP contribution in [-0.2, 0) is 32.6 Å². The number of amides is 3. The predicted octanol–water partition coefficient (Wildman–Crippen LogP) is 1.74. The summed E-state index contributed by atoms with van der Waals surface area (Å²) in [6.07, 6.45) is 4.50. The topological polar surface area (TPSA) is 139 Å². The number of aromatic nitrogens is 2. The van der Waals surface area contributed by atoms with Crippen molar-refractivity contribution < 1.29 is 24.0 Å². The highest BCUT2D eigenvalue weighted by atomic mass is 16.2. The summed E-state index contributed by atoms with van der Waals surface area (Å²) in [7, 11) is 1.70. The van der Waals surface area contributed by atoms with Crippen molar-refractivity contribution in [3.63, 3.8) is 0 Å². The Balaban J connectivity index is 1.84. The Morgan fingerprint density at radius 1 is 1.16 bits per heavy atom. The summed E-state index contributed by atoms with van der Waals surface area (Å²) in [6.45, 7) is 5.81. The van der Waals surface area contributed by atoms with Gasteiger partial charge >= 0.3 is 0 Å². The van der Waals surface area contributed by atoms with Crippen LogP contribution in [0, 0.1) is 11.8 Å². The fourth-order valence-electron chi connectivity index (χ4n) is 4.49. The number of rotatable bonds is 11. The number of benzene rings is 1. The van der Waals surface area contributed by atoms with Gasteiger partial charge in [0, 0.05) is 43.6 Å². The fraction of sp³-hybridized carbons (Fsp3) is 0.500. The molecule has 1 fully saturated rings. The summed E-state index contributed by atoms with van der Waals surface area (Å²) in [5.74, 6) is -3.93. The minimum atomic E-state index is -1.20. The number of carbonyl (C=O) groups is 5. The van der Waals surface area contributed by atoms with Gasteiger partial charge in [-0.05, 0) is 52.0 Å². The number of carbonyl (C=O) groups excluding carboxylic acids is 5. The van der Waals surface area contributed by atoms with Crippen LogP contribution in [0.1, 0.15) is 62.4 Å². The second kappa shape index (κ2) is 12.6. The molecule has 3 atom stereocenters. The third-order valence-corrected chi connectivity index (χ3v) is 6.42. The molecular weight excluding hydrogens is 486 g/mol. The first kappa shape index (κ1) is 28.7. The molecule has 3 rings (SSSR count). The predicted molar refractivity (Wildman–Crippen MR) is 141 cm³/mol. The van der Waals surface area contributed by atoms with E-state index in [-0.39, 0.29) is 31.0 Å². The van der Waals surface area contributed by atoms with E-state index in [9.17, 15) is 24.0 Å². The van der Waals surface area contributed by atoms with Crippen molar-refractivity contribution in [2.24, 2.45) is 18.9 Å². The maximum atomic E-state index is 13.6. The van der Waals surface area contributed by atoms with Crippen LogP contribution >= 0.6 is 0 Å². The summed E-state index contributed by atoms with van der Waals surface area (Å²) < 4.78 is 1.51. The largest absolute Gasteiger partial charge is 0.356 e. The van der Waals surface area contributed by atoms with Gasteiger partial charge in [0.1, 0.15) is 0 Å². The quantitative estimate of drug-likeness (QED) is 0.303. The number of nitrogens with zero attached hydrogens (tertiary/aromatic N) is 2. The van der Waals surface area contributed by atoms with Gasteiger partial charge in [0.25, 0.3) is 5.91 Å². The summed E-state index contributed by atoms with van der Waals surface area (Å²) in [6, 6.07) is 8.07. The van der Waals surface area contributed by atoms with Crippen LogP contribution in [0.2, 0.25) is 0 Å². The lowest BCUT2D eigenvalue weighted by Gasteiger charge is -2.28. The van der Waals surface area contributed by atoms with Crippen LogP contribution in [0.4, 0.5) is 0 Å². The molecule has 1 aromatic heterocycles. The maximum Gasteiger partial charge on any atom is 0.290 e. The number of Topliss-reactive ketones (excluding diaryl/α,β-unsaturated/α-hetero) is 2. The minimum Gasteiger partial charge on any atom is -0.356 e. The van der Waals surface area contributed by atoms with Crippen LogP contribution in [-0.4, -0.2) is 57.2 Å². The molecule has 3 N–H and O–H groups in total. The van der Waals surface area contributed by atoms with Gasteiger partial charge in [-0.1, -0.05) is 30.3 Å². The van der Waals surface area contributed by atoms with E-state index in [1.807, 2.05) is 30.3 Å². The standard InChI is InChI=1S/C28H37N5O5/c1-28(2,3)32-27(38)24(35)22(14-19-11-8-12-29-25(19)36)31-26(37)20(13-18-9-6-5-7-10-18)15-23(34)21-16-30-33(4)17-21/h5-7,9-10,16-17,19-20,22H,8,11-15H2,1-4H3,(H,29,36)(H,31,37)(H,32,38)/t19-,20+,22-/m0/s1. The van der Waals surface area contributed by atoms with Gasteiger partial charge in [-0.15, -0.1) is 0 Å². The molecule has 0 saturated carbocycles. The molecule has 1 aliphatic rings. The van der Waals surface area contributed by atoms with Gasteiger partial charge in [-0.3, -0.25) is 28.7 Å². The molecule has 1 aliphatic heterocycles. The van der Waals surface area contributed by atoms with Crippen molar-refractivity contribution in [1.82, 2.24) is 25.7 Å². The molecule has 2 aromatic rings. The van der Waals surface area contributed by atoms with Gasteiger partial charge in [0.2, 0.25) is 17.6 Å². The minimum absolute atomic E-state index is 0.00256. The van der Waals surface area contributed by atoms with E-state index in [2.05, 4.69) is 21.0 Å². The number of piperidine rings is 1. The Labute approximate surface area is 222 Å². The van der Waals surface area contributed by atoms with Gasteiger partial charge in [-0.25, -0.2) is 0 Å². The first-order chi connectivity index (χ1) is 17.9. The van der Waals surface area contributed by atoms with Gasteiger partial charge in [-0.2, -0.15) is 5.10 Å². The average Bonchev–Trinajstić information content (AvgIpc) is 3.30. The Bertz CT molecular complexity index is 1170. The summed E-state index contributed by atoms with van der Waals surface area (Å²) in [5, 5.41) is 12.2. The molecule has 10 nitrogen and oxygen atoms in total. The van der Waals surface area contributed by atoms with Crippen molar-refractivity contribution >= 4 is 29.3 Å². The van der Waals surface area contributed by atoms with E-state index < -0.39 is 41.0 Å². The maximum absolute atomic E-state index is 13.6. The Kier molecular flexibility index (Phi) is 9.55. The Morgan fingerprint density at radius 3 is 2.47 bits per heavy atom. The smallest absolute Gasteiger partial charge is 0.290 e. The monoisotopic (exact) mass is 523 g/mol. The highest BCUT2D eigenvalue weighted by molar-refractivity contribution is 6.38. The molecule has 10 heteroatoms. The van der Waals surface area contributed by atoms with E-state index in [0.717, 1.165) is 12.0 Å². The Hall–Kier alpha value is -3.82. The molecule has 0 bridgehead atoms. The second-order valence-corrected chi connectivity index (χ2v) is 10.9. The number of ketones is 2. The lowest BCUT2D eigenvalue weighted by Crippen LogP contribution is -2.54. The number of hydrogen-bond acceptors (Lipinski definition) is 6. The zero-order valence-corrected chi connectivity index (χ0v) is 22.5. The van der Waals surface area contributed by atoms with Crippen LogP contribution < -0.4 is 16.0 Å². The third-order valence-electron chi connectivity index (χ3n) is 6.42. The summed E-state index contributed by atoms with van der Waals surface area (Å²) in [5.41, 5.74) is 0.580. The van der Waals surface area contributed by atoms with E-state index in [4.69, 9.17) is 0 Å². The van der Waals surface area contributed by atoms with Crippen molar-refractivity contribution in [3.05, 3.63) is 53.9 Å². The average molecular weight is 524 g/mol. The highest BCUT2D eigenvalue weighted by Gasteiger charge is 2.36. The van der Waals surface area contributed by atoms with E-state index in [1.165, 1.54) is 10.9 Å². The van der Waals surface area contributed by atoms with Crippen molar-refractivity contribution in [1.29, 1.82) is 0 Å². The van der Waals surface area contributed by atoms with Crippen LogP contribution in [0.15, 0.2) is 42.7 Å². The van der Waals surface area contributed by atoms with E-state index in [1.54, 1.807) is 34.0 Å². The van der Waals surface area contributed by atoms with Gasteiger partial charge < -0.3 is 16.0 Å². The second-order valence-electron chi connectivity index (χ2n) is 10.9. The SMILES string of the molecule is Cn1cc(C(=O)C[C@@H](Cc2ccccc2)C(=O)N[C@@H](C[C@@H]2CCCNC2=O)C(=O)C(=O)NC(C)(C)C)cn1. The summed E-state index contributed by atoms with van der Waals surface area (Å²) in [4.78, 5) is 65.0. The number of nitrogens with one attached hydrogen (secondary N) is 3. The summed E-state index contributed by atoms with van der Waals surface area (Å²) >= 11 is 0. The molecule has 1 saturated heterocycles.